The molecular weight excluding hydrogens is 421 g/mol. The number of hydrogen-bond donors (Lipinski definition) is 3. The molecule has 1 aromatic carbocycles. The molecule has 1 amide bonds. The number of nitrogens with zero attached hydrogens (tertiary/aromatic N) is 3. The van der Waals surface area contributed by atoms with Gasteiger partial charge in [-0.25, -0.2) is 0 Å². The Morgan fingerprint density at radius 3 is 2.63 bits per heavy atom. The van der Waals surface area contributed by atoms with Crippen LogP contribution in [0.3, 0.4) is 0 Å². The van der Waals surface area contributed by atoms with Gasteiger partial charge in [-0.2, -0.15) is 23.5 Å². The van der Waals surface area contributed by atoms with Crippen LogP contribution in [-0.4, -0.2) is 34.5 Å². The number of nitriles is 1. The Morgan fingerprint density at radius 2 is 2.03 bits per heavy atom. The number of anilines is 2. The Labute approximate surface area is 176 Å². The van der Waals surface area contributed by atoms with E-state index in [1.807, 2.05) is 0 Å². The number of hydrogen-bond acceptors (Lipinski definition) is 5. The van der Waals surface area contributed by atoms with E-state index in [0.29, 0.717) is 23.6 Å². The van der Waals surface area contributed by atoms with Crippen molar-refractivity contribution in [3.05, 3.63) is 41.0 Å². The van der Waals surface area contributed by atoms with Crippen molar-refractivity contribution in [2.75, 3.05) is 11.9 Å². The Bertz CT molecular complexity index is 937. The van der Waals surface area contributed by atoms with Crippen molar-refractivity contribution in [2.45, 2.75) is 37.5 Å². The van der Waals surface area contributed by atoms with E-state index in [1.54, 1.807) is 24.3 Å². The van der Waals surface area contributed by atoms with Crippen LogP contribution in [0.1, 0.15) is 35.7 Å². The molecule has 3 rings (SSSR count). The van der Waals surface area contributed by atoms with Crippen molar-refractivity contribution in [1.29, 1.82) is 5.26 Å². The van der Waals surface area contributed by atoms with Gasteiger partial charge in [0.15, 0.2) is 5.82 Å². The highest BCUT2D eigenvalue weighted by atomic mass is 35.5. The van der Waals surface area contributed by atoms with Gasteiger partial charge in [-0.1, -0.05) is 11.6 Å². The van der Waals surface area contributed by atoms with Gasteiger partial charge in [0.25, 0.3) is 5.91 Å². The predicted molar refractivity (Wildman–Crippen MR) is 105 cm³/mol. The molecule has 4 N–H and O–H groups in total. The summed E-state index contributed by atoms with van der Waals surface area (Å²) in [5, 5.41) is 20.0. The fraction of sp³-hybridized carbons (Fsp3) is 0.421. The molecule has 1 fully saturated rings. The molecule has 1 saturated carbocycles. The number of carbonyl (C=O) groups is 1. The first-order chi connectivity index (χ1) is 14.2. The third-order valence-electron chi connectivity index (χ3n) is 5.01. The van der Waals surface area contributed by atoms with Crippen LogP contribution in [0.4, 0.5) is 24.7 Å². The molecule has 1 aliphatic carbocycles. The van der Waals surface area contributed by atoms with Gasteiger partial charge in [-0.15, -0.1) is 0 Å². The third-order valence-corrected chi connectivity index (χ3v) is 5.27. The summed E-state index contributed by atoms with van der Waals surface area (Å²) in [6.07, 6.45) is -1.69. The standard InChI is InChI=1S/C19H20ClF3N6O/c20-12-1-3-13(4-2-12)27-18-15(17(25)30)9-29(28-18)16-6-5-14(7-11(16)8-24)26-10-19(21,22)23/h1-4,9,11,14,16,26H,5-7,10H2,(H2,25,30)(H,27,28). The maximum absolute atomic E-state index is 12.5. The van der Waals surface area contributed by atoms with Crippen LogP contribution in [0.15, 0.2) is 30.5 Å². The first-order valence-electron chi connectivity index (χ1n) is 9.27. The minimum Gasteiger partial charge on any atom is -0.365 e. The molecule has 0 spiro atoms. The Hall–Kier alpha value is -2.77. The van der Waals surface area contributed by atoms with Crippen molar-refractivity contribution in [1.82, 2.24) is 15.1 Å². The number of benzene rings is 1. The van der Waals surface area contributed by atoms with E-state index in [4.69, 9.17) is 17.3 Å². The number of amides is 1. The molecule has 3 unspecified atom stereocenters. The van der Waals surface area contributed by atoms with Gasteiger partial charge >= 0.3 is 6.18 Å². The summed E-state index contributed by atoms with van der Waals surface area (Å²) < 4.78 is 38.9. The average Bonchev–Trinajstić information content (AvgIpc) is 3.11. The van der Waals surface area contributed by atoms with E-state index in [1.165, 1.54) is 10.9 Å². The maximum atomic E-state index is 12.5. The Balaban J connectivity index is 1.77. The predicted octanol–water partition coefficient (Wildman–Crippen LogP) is 3.76. The highest BCUT2D eigenvalue weighted by Gasteiger charge is 2.35. The molecule has 1 aliphatic rings. The molecule has 0 aliphatic heterocycles. The van der Waals surface area contributed by atoms with E-state index in [9.17, 15) is 23.2 Å². The van der Waals surface area contributed by atoms with E-state index in [-0.39, 0.29) is 23.8 Å². The highest BCUT2D eigenvalue weighted by molar-refractivity contribution is 6.30. The van der Waals surface area contributed by atoms with Gasteiger partial charge in [-0.05, 0) is 43.5 Å². The zero-order chi connectivity index (χ0) is 21.9. The minimum absolute atomic E-state index is 0.152. The molecule has 0 radical (unpaired) electrons. The molecule has 11 heteroatoms. The van der Waals surface area contributed by atoms with E-state index in [2.05, 4.69) is 21.8 Å². The van der Waals surface area contributed by atoms with Crippen molar-refractivity contribution < 1.29 is 18.0 Å². The molecule has 160 valence electrons. The first kappa shape index (κ1) is 21.9. The molecule has 1 aromatic heterocycles. The van der Waals surface area contributed by atoms with Gasteiger partial charge in [-0.3, -0.25) is 9.48 Å². The Morgan fingerprint density at radius 1 is 1.33 bits per heavy atom. The zero-order valence-corrected chi connectivity index (χ0v) is 16.5. The maximum Gasteiger partial charge on any atom is 0.401 e. The van der Waals surface area contributed by atoms with Gasteiger partial charge in [0.05, 0.1) is 24.6 Å². The second-order valence-electron chi connectivity index (χ2n) is 7.18. The quantitative estimate of drug-likeness (QED) is 0.633. The molecule has 1 heterocycles. The van der Waals surface area contributed by atoms with E-state index in [0.717, 1.165) is 0 Å². The lowest BCUT2D eigenvalue weighted by Crippen LogP contribution is -2.42. The van der Waals surface area contributed by atoms with Gasteiger partial charge in [0, 0.05) is 22.9 Å². The molecule has 0 bridgehead atoms. The molecular formula is C19H20ClF3N6O. The van der Waals surface area contributed by atoms with Crippen molar-refractivity contribution in [3.63, 3.8) is 0 Å². The lowest BCUT2D eigenvalue weighted by molar-refractivity contribution is -0.126. The van der Waals surface area contributed by atoms with Crippen molar-refractivity contribution >= 4 is 29.0 Å². The number of aromatic nitrogens is 2. The summed E-state index contributed by atoms with van der Waals surface area (Å²) in [5.41, 5.74) is 6.26. The largest absolute Gasteiger partial charge is 0.401 e. The van der Waals surface area contributed by atoms with Gasteiger partial charge in [0.2, 0.25) is 0 Å². The number of halogens is 4. The lowest BCUT2D eigenvalue weighted by atomic mass is 9.82. The number of primary amides is 1. The topological polar surface area (TPSA) is 109 Å². The summed E-state index contributed by atoms with van der Waals surface area (Å²) in [5.74, 6) is -1.01. The molecule has 0 saturated heterocycles. The fourth-order valence-electron chi connectivity index (χ4n) is 3.56. The first-order valence-corrected chi connectivity index (χ1v) is 9.65. The smallest absolute Gasteiger partial charge is 0.365 e. The second-order valence-corrected chi connectivity index (χ2v) is 7.61. The monoisotopic (exact) mass is 440 g/mol. The van der Waals surface area contributed by atoms with Crippen molar-refractivity contribution in [3.8, 4) is 6.07 Å². The van der Waals surface area contributed by atoms with Crippen LogP contribution in [0.2, 0.25) is 5.02 Å². The lowest BCUT2D eigenvalue weighted by Gasteiger charge is -2.33. The van der Waals surface area contributed by atoms with Crippen LogP contribution in [0.25, 0.3) is 0 Å². The third kappa shape index (κ3) is 5.43. The summed E-state index contributed by atoms with van der Waals surface area (Å²) in [7, 11) is 0. The van der Waals surface area contributed by atoms with Crippen LogP contribution in [0, 0.1) is 17.2 Å². The van der Waals surface area contributed by atoms with Crippen LogP contribution >= 0.6 is 11.6 Å². The number of nitrogens with two attached hydrogens (primary N) is 1. The second kappa shape index (κ2) is 8.93. The summed E-state index contributed by atoms with van der Waals surface area (Å²) in [6, 6.07) is 8.14. The van der Waals surface area contributed by atoms with Gasteiger partial charge in [0.1, 0.15) is 5.56 Å². The van der Waals surface area contributed by atoms with Crippen LogP contribution in [-0.2, 0) is 0 Å². The number of alkyl halides is 3. The fourth-order valence-corrected chi connectivity index (χ4v) is 3.69. The summed E-state index contributed by atoms with van der Waals surface area (Å²) in [6.45, 7) is -1.09. The molecule has 3 atom stereocenters. The normalized spacial score (nSPS) is 21.8. The Kier molecular flexibility index (Phi) is 6.53. The molecule has 7 nitrogen and oxygen atoms in total. The van der Waals surface area contributed by atoms with E-state index >= 15 is 0 Å². The number of nitrogens with one attached hydrogen (secondary N) is 2. The number of carbonyl (C=O) groups excluding carboxylic acids is 1. The van der Waals surface area contributed by atoms with Crippen molar-refractivity contribution in [2.24, 2.45) is 11.7 Å². The van der Waals surface area contributed by atoms with Crippen LogP contribution < -0.4 is 16.4 Å². The SMILES string of the molecule is N#CC1CC(NCC(F)(F)F)CCC1n1cc(C(N)=O)c(Nc2ccc(Cl)cc2)n1. The van der Waals surface area contributed by atoms with E-state index < -0.39 is 30.6 Å². The number of rotatable bonds is 6. The van der Waals surface area contributed by atoms with Gasteiger partial charge < -0.3 is 16.4 Å². The summed E-state index contributed by atoms with van der Waals surface area (Å²) >= 11 is 5.87. The molecule has 2 aromatic rings. The zero-order valence-electron chi connectivity index (χ0n) is 15.8. The van der Waals surface area contributed by atoms with Crippen LogP contribution in [0.5, 0.6) is 0 Å². The minimum atomic E-state index is -4.31. The highest BCUT2D eigenvalue weighted by Crippen LogP contribution is 2.35. The molecule has 30 heavy (non-hydrogen) atoms. The average molecular weight is 441 g/mol. The summed E-state index contributed by atoms with van der Waals surface area (Å²) in [4.78, 5) is 11.9.